The molecule has 0 saturated heterocycles. The second-order valence-corrected chi connectivity index (χ2v) is 5.75. The van der Waals surface area contributed by atoms with Crippen LogP contribution in [0, 0.1) is 0 Å². The summed E-state index contributed by atoms with van der Waals surface area (Å²) in [5.74, 6) is -1.16. The maximum Gasteiger partial charge on any atom is 0.350 e. The van der Waals surface area contributed by atoms with E-state index in [0.29, 0.717) is 11.5 Å². The van der Waals surface area contributed by atoms with Crippen molar-refractivity contribution < 1.29 is 19.1 Å². The van der Waals surface area contributed by atoms with Crippen LogP contribution in [-0.2, 0) is 9.47 Å². The van der Waals surface area contributed by atoms with E-state index in [1.165, 1.54) is 14.2 Å². The maximum atomic E-state index is 11.9. The topological polar surface area (TPSA) is 93.9 Å². The predicted octanol–water partition coefficient (Wildman–Crippen LogP) is 1.27. The third-order valence-electron chi connectivity index (χ3n) is 3.15. The molecule has 0 aromatic carbocycles. The number of nitrogen functional groups attached to an aromatic ring is 1. The van der Waals surface area contributed by atoms with Gasteiger partial charge < -0.3 is 25.4 Å². The first-order valence-electron chi connectivity index (χ1n) is 6.32. The van der Waals surface area contributed by atoms with E-state index in [4.69, 9.17) is 10.5 Å². The minimum Gasteiger partial charge on any atom is -0.465 e. The highest BCUT2D eigenvalue weighted by Crippen LogP contribution is 2.36. The second-order valence-electron chi connectivity index (χ2n) is 4.73. The number of thiophene rings is 1. The largest absolute Gasteiger partial charge is 0.465 e. The summed E-state index contributed by atoms with van der Waals surface area (Å²) < 4.78 is 9.39. The molecule has 0 aliphatic carbocycles. The lowest BCUT2D eigenvalue weighted by Crippen LogP contribution is -2.31. The van der Waals surface area contributed by atoms with E-state index in [-0.39, 0.29) is 22.2 Å². The van der Waals surface area contributed by atoms with Crippen molar-refractivity contribution in [2.24, 2.45) is 0 Å². The van der Waals surface area contributed by atoms with Crippen molar-refractivity contribution in [3.8, 4) is 0 Å². The minimum atomic E-state index is -0.584. The lowest BCUT2D eigenvalue weighted by molar-refractivity contribution is 0.0602. The van der Waals surface area contributed by atoms with Crippen LogP contribution in [0.15, 0.2) is 0 Å². The molecule has 0 fully saturated rings. The lowest BCUT2D eigenvalue weighted by Gasteiger charge is -2.20. The van der Waals surface area contributed by atoms with Crippen molar-refractivity contribution in [2.75, 3.05) is 45.9 Å². The van der Waals surface area contributed by atoms with Crippen LogP contribution >= 0.6 is 11.3 Å². The molecule has 8 heteroatoms. The van der Waals surface area contributed by atoms with E-state index in [2.05, 4.69) is 10.1 Å². The molecule has 1 aromatic heterocycles. The van der Waals surface area contributed by atoms with Crippen LogP contribution in [-0.4, -0.2) is 57.7 Å². The van der Waals surface area contributed by atoms with Gasteiger partial charge >= 0.3 is 11.9 Å². The van der Waals surface area contributed by atoms with E-state index < -0.39 is 11.9 Å². The average molecular weight is 315 g/mol. The Hall–Kier alpha value is -1.80. The molecule has 0 aliphatic rings. The molecule has 0 bridgehead atoms. The van der Waals surface area contributed by atoms with Crippen molar-refractivity contribution in [3.63, 3.8) is 0 Å². The molecule has 21 heavy (non-hydrogen) atoms. The highest BCUT2D eigenvalue weighted by atomic mass is 32.1. The van der Waals surface area contributed by atoms with E-state index >= 15 is 0 Å². The number of esters is 2. The van der Waals surface area contributed by atoms with Gasteiger partial charge in [0.1, 0.15) is 15.4 Å². The summed E-state index contributed by atoms with van der Waals surface area (Å²) in [7, 11) is 6.44. The number of nitrogens with two attached hydrogens (primary N) is 1. The number of likely N-dealkylation sites (N-methyl/N-ethyl adjacent to an activating group) is 1. The smallest absolute Gasteiger partial charge is 0.350 e. The SMILES string of the molecule is COC(=O)c1sc(NCC(C)N(C)C)c(C(=O)OC)c1N. The molecule has 0 spiro atoms. The predicted molar refractivity (Wildman–Crippen MR) is 83.0 cm³/mol. The summed E-state index contributed by atoms with van der Waals surface area (Å²) in [6, 6.07) is 0.236. The number of hydrogen-bond donors (Lipinski definition) is 2. The molecule has 0 radical (unpaired) electrons. The first-order valence-corrected chi connectivity index (χ1v) is 7.14. The molecule has 7 nitrogen and oxygen atoms in total. The number of nitrogens with zero attached hydrogens (tertiary/aromatic N) is 1. The molecule has 118 valence electrons. The van der Waals surface area contributed by atoms with Gasteiger partial charge in [0.05, 0.1) is 19.9 Å². The third-order valence-corrected chi connectivity index (χ3v) is 4.29. The molecule has 3 N–H and O–H groups in total. The first kappa shape index (κ1) is 17.3. The van der Waals surface area contributed by atoms with Crippen LogP contribution in [0.5, 0.6) is 0 Å². The lowest BCUT2D eigenvalue weighted by atomic mass is 10.2. The van der Waals surface area contributed by atoms with Crippen molar-refractivity contribution >= 4 is 34.0 Å². The summed E-state index contributed by atoms with van der Waals surface area (Å²) in [5.41, 5.74) is 6.14. The van der Waals surface area contributed by atoms with E-state index in [1.54, 1.807) is 0 Å². The van der Waals surface area contributed by atoms with E-state index in [1.807, 2.05) is 25.9 Å². The Morgan fingerprint density at radius 1 is 1.29 bits per heavy atom. The van der Waals surface area contributed by atoms with Gasteiger partial charge in [-0.05, 0) is 21.0 Å². The van der Waals surface area contributed by atoms with Crippen molar-refractivity contribution in [1.29, 1.82) is 0 Å². The number of anilines is 2. The fourth-order valence-corrected chi connectivity index (χ4v) is 2.57. The van der Waals surface area contributed by atoms with Gasteiger partial charge in [-0.3, -0.25) is 0 Å². The molecule has 0 aliphatic heterocycles. The summed E-state index contributed by atoms with van der Waals surface area (Å²) in [4.78, 5) is 25.8. The van der Waals surface area contributed by atoms with E-state index in [0.717, 1.165) is 11.3 Å². The molecular formula is C13H21N3O4S. The standard InChI is InChI=1S/C13H21N3O4S/c1-7(16(2)3)6-15-11-8(12(17)19-4)9(14)10(21-11)13(18)20-5/h7,15H,6,14H2,1-5H3. The highest BCUT2D eigenvalue weighted by molar-refractivity contribution is 7.19. The molecule has 1 atom stereocenters. The maximum absolute atomic E-state index is 11.9. The number of nitrogens with one attached hydrogen (secondary N) is 1. The minimum absolute atomic E-state index is 0.0821. The number of ether oxygens (including phenoxy) is 2. The third kappa shape index (κ3) is 3.85. The zero-order valence-corrected chi connectivity index (χ0v) is 13.7. The number of carbonyl (C=O) groups excluding carboxylic acids is 2. The Morgan fingerprint density at radius 3 is 2.33 bits per heavy atom. The van der Waals surface area contributed by atoms with Gasteiger partial charge in [-0.15, -0.1) is 11.3 Å². The zero-order valence-electron chi connectivity index (χ0n) is 12.9. The zero-order chi connectivity index (χ0) is 16.2. The van der Waals surface area contributed by atoms with Crippen LogP contribution in [0.1, 0.15) is 27.0 Å². The van der Waals surface area contributed by atoms with Crippen LogP contribution in [0.2, 0.25) is 0 Å². The second kappa shape index (κ2) is 7.28. The summed E-state index contributed by atoms with van der Waals surface area (Å²) >= 11 is 1.09. The van der Waals surface area contributed by atoms with Crippen LogP contribution in [0.25, 0.3) is 0 Å². The van der Waals surface area contributed by atoms with Crippen LogP contribution < -0.4 is 11.1 Å². The van der Waals surface area contributed by atoms with Crippen LogP contribution in [0.4, 0.5) is 10.7 Å². The Labute approximate surface area is 128 Å². The van der Waals surface area contributed by atoms with Crippen molar-refractivity contribution in [1.82, 2.24) is 4.90 Å². The Kier molecular flexibility index (Phi) is 5.98. The number of rotatable bonds is 6. The van der Waals surface area contributed by atoms with Gasteiger partial charge in [0.2, 0.25) is 0 Å². The number of carbonyl (C=O) groups is 2. The summed E-state index contributed by atoms with van der Waals surface area (Å²) in [6.07, 6.45) is 0. The number of methoxy groups -OCH3 is 2. The molecule has 1 heterocycles. The number of hydrogen-bond acceptors (Lipinski definition) is 8. The van der Waals surface area contributed by atoms with E-state index in [9.17, 15) is 9.59 Å². The highest BCUT2D eigenvalue weighted by Gasteiger charge is 2.26. The van der Waals surface area contributed by atoms with Crippen LogP contribution in [0.3, 0.4) is 0 Å². The van der Waals surface area contributed by atoms with Gasteiger partial charge in [0, 0.05) is 12.6 Å². The Bertz CT molecular complexity index is 528. The van der Waals surface area contributed by atoms with Crippen molar-refractivity contribution in [2.45, 2.75) is 13.0 Å². The molecule has 1 unspecified atom stereocenters. The van der Waals surface area contributed by atoms with Gasteiger partial charge in [0.25, 0.3) is 0 Å². The first-order chi connectivity index (χ1) is 9.83. The van der Waals surface area contributed by atoms with Gasteiger partial charge in [0.15, 0.2) is 0 Å². The monoisotopic (exact) mass is 315 g/mol. The molecule has 1 rings (SSSR count). The normalized spacial score (nSPS) is 12.1. The average Bonchev–Trinajstić information content (AvgIpc) is 2.79. The Morgan fingerprint density at radius 2 is 1.86 bits per heavy atom. The van der Waals surface area contributed by atoms with Crippen molar-refractivity contribution in [3.05, 3.63) is 10.4 Å². The summed E-state index contributed by atoms with van der Waals surface area (Å²) in [6.45, 7) is 2.63. The molecule has 1 aromatic rings. The van der Waals surface area contributed by atoms with Gasteiger partial charge in [-0.1, -0.05) is 0 Å². The molecule has 0 saturated carbocycles. The fraction of sp³-hybridized carbons (Fsp3) is 0.538. The summed E-state index contributed by atoms with van der Waals surface area (Å²) in [5, 5.41) is 3.65. The quantitative estimate of drug-likeness (QED) is 0.763. The molecular weight excluding hydrogens is 294 g/mol. The van der Waals surface area contributed by atoms with Gasteiger partial charge in [-0.25, -0.2) is 9.59 Å². The van der Waals surface area contributed by atoms with Gasteiger partial charge in [-0.2, -0.15) is 0 Å². The fourth-order valence-electron chi connectivity index (χ4n) is 1.54. The Balaban J connectivity index is 3.11. The molecule has 0 amide bonds.